The summed E-state index contributed by atoms with van der Waals surface area (Å²) in [6, 6.07) is 12.5. The zero-order valence-electron chi connectivity index (χ0n) is 18.2. The number of hydrogen-bond donors (Lipinski definition) is 2. The molecular formula is C20H20N8O4S2. The number of hydrogen-bond acceptors (Lipinski definition) is 8. The molecule has 0 saturated heterocycles. The van der Waals surface area contributed by atoms with Crippen molar-refractivity contribution in [2.24, 2.45) is 0 Å². The molecule has 0 unspecified atom stereocenters. The molecule has 0 atom stereocenters. The lowest BCUT2D eigenvalue weighted by Gasteiger charge is -2.02. The second-order valence-electron chi connectivity index (χ2n) is 6.80. The third-order valence-electron chi connectivity index (χ3n) is 4.82. The highest BCUT2D eigenvalue weighted by Crippen LogP contribution is 2.22. The number of rotatable bonds is 6. The van der Waals surface area contributed by atoms with Gasteiger partial charge in [-0.15, -0.1) is 0 Å². The zero-order valence-corrected chi connectivity index (χ0v) is 19.8. The topological polar surface area (TPSA) is 154 Å². The molecular weight excluding hydrogens is 480 g/mol. The Morgan fingerprint density at radius 2 is 1.06 bits per heavy atom. The zero-order chi connectivity index (χ0) is 24.8. The van der Waals surface area contributed by atoms with Gasteiger partial charge in [0.05, 0.1) is 9.85 Å². The molecule has 2 aromatic heterocycles. The fourth-order valence-electron chi connectivity index (χ4n) is 3.13. The first-order valence-electron chi connectivity index (χ1n) is 10.1. The van der Waals surface area contributed by atoms with E-state index in [9.17, 15) is 20.2 Å². The van der Waals surface area contributed by atoms with Crippen LogP contribution < -0.4 is 0 Å². The average molecular weight is 501 g/mol. The van der Waals surface area contributed by atoms with Crippen LogP contribution in [0.5, 0.6) is 0 Å². The summed E-state index contributed by atoms with van der Waals surface area (Å²) in [5, 5.41) is 34.7. The summed E-state index contributed by atoms with van der Waals surface area (Å²) in [5.41, 5.74) is 1.71. The van der Waals surface area contributed by atoms with E-state index in [0.717, 1.165) is 11.1 Å². The molecule has 176 valence electrons. The van der Waals surface area contributed by atoms with Crippen LogP contribution in [-0.4, -0.2) is 39.4 Å². The van der Waals surface area contributed by atoms with Crippen LogP contribution in [-0.2, 0) is 13.1 Å². The molecule has 0 aliphatic rings. The highest BCUT2D eigenvalue weighted by atomic mass is 32.1. The molecule has 0 saturated carbocycles. The van der Waals surface area contributed by atoms with Gasteiger partial charge >= 0.3 is 0 Å². The van der Waals surface area contributed by atoms with E-state index in [4.69, 9.17) is 24.4 Å². The van der Waals surface area contributed by atoms with Gasteiger partial charge in [-0.25, -0.2) is 0 Å². The lowest BCUT2D eigenvalue weighted by Crippen LogP contribution is -1.97. The van der Waals surface area contributed by atoms with E-state index in [1.165, 1.54) is 24.3 Å². The molecule has 2 heterocycles. The molecule has 2 aromatic carbocycles. The Morgan fingerprint density at radius 1 is 0.735 bits per heavy atom. The Balaban J connectivity index is 0.000000191. The third-order valence-corrected chi connectivity index (χ3v) is 5.44. The van der Waals surface area contributed by atoms with Crippen molar-refractivity contribution in [2.75, 3.05) is 0 Å². The van der Waals surface area contributed by atoms with Gasteiger partial charge in [-0.3, -0.25) is 30.4 Å². The number of nitro benzene ring substituents is 2. The van der Waals surface area contributed by atoms with E-state index in [2.05, 4.69) is 20.4 Å². The highest BCUT2D eigenvalue weighted by Gasteiger charge is 2.11. The number of aromatic nitrogens is 6. The summed E-state index contributed by atoms with van der Waals surface area (Å²) < 4.78 is 4.74. The lowest BCUT2D eigenvalue weighted by molar-refractivity contribution is -0.385. The summed E-state index contributed by atoms with van der Waals surface area (Å²) in [7, 11) is 0. The number of benzene rings is 2. The van der Waals surface area contributed by atoms with Crippen LogP contribution in [0, 0.1) is 29.8 Å². The summed E-state index contributed by atoms with van der Waals surface area (Å²) in [5.74, 6) is 1.37. The summed E-state index contributed by atoms with van der Waals surface area (Å²) >= 11 is 10.2. The summed E-state index contributed by atoms with van der Waals surface area (Å²) in [4.78, 5) is 20.2. The molecule has 34 heavy (non-hydrogen) atoms. The monoisotopic (exact) mass is 500 g/mol. The van der Waals surface area contributed by atoms with Crippen molar-refractivity contribution in [2.45, 2.75) is 26.9 Å². The van der Waals surface area contributed by atoms with E-state index in [1.54, 1.807) is 24.3 Å². The van der Waals surface area contributed by atoms with Crippen LogP contribution in [0.3, 0.4) is 0 Å². The van der Waals surface area contributed by atoms with Gasteiger partial charge in [0.15, 0.2) is 21.2 Å². The van der Waals surface area contributed by atoms with Crippen molar-refractivity contribution in [3.05, 3.63) is 78.3 Å². The standard InChI is InChI=1S/2C10H10N4O2S/c2*1-2-13-9(11-12-10(13)17)7-3-5-8(6-4-7)14(15)16/h2*3-6H,2H2,1H3,(H,12,17). The molecule has 0 amide bonds. The van der Waals surface area contributed by atoms with Gasteiger partial charge in [0.2, 0.25) is 0 Å². The number of non-ortho nitro benzene ring substituents is 2. The van der Waals surface area contributed by atoms with E-state index in [0.29, 0.717) is 34.3 Å². The molecule has 0 fully saturated rings. The van der Waals surface area contributed by atoms with Gasteiger partial charge < -0.3 is 9.13 Å². The van der Waals surface area contributed by atoms with Crippen molar-refractivity contribution in [3.63, 3.8) is 0 Å². The third kappa shape index (κ3) is 5.29. The molecule has 14 heteroatoms. The Morgan fingerprint density at radius 3 is 1.32 bits per heavy atom. The lowest BCUT2D eigenvalue weighted by atomic mass is 10.2. The Kier molecular flexibility index (Phi) is 7.75. The summed E-state index contributed by atoms with van der Waals surface area (Å²) in [6.07, 6.45) is 0. The molecule has 0 aliphatic heterocycles. The Bertz CT molecular complexity index is 1310. The number of H-pyrrole nitrogens is 2. The first-order valence-corrected chi connectivity index (χ1v) is 10.9. The van der Waals surface area contributed by atoms with Crippen molar-refractivity contribution in [1.82, 2.24) is 29.5 Å². The molecule has 2 N–H and O–H groups in total. The van der Waals surface area contributed by atoms with Gasteiger partial charge in [0.25, 0.3) is 11.4 Å². The van der Waals surface area contributed by atoms with Crippen LogP contribution in [0.25, 0.3) is 22.8 Å². The van der Waals surface area contributed by atoms with E-state index in [1.807, 2.05) is 23.0 Å². The van der Waals surface area contributed by atoms with Crippen molar-refractivity contribution in [3.8, 4) is 22.8 Å². The molecule has 4 aromatic rings. The van der Waals surface area contributed by atoms with Crippen LogP contribution in [0.1, 0.15) is 13.8 Å². The second kappa shape index (κ2) is 10.7. The fourth-order valence-corrected chi connectivity index (χ4v) is 3.65. The Labute approximate surface area is 203 Å². The number of aromatic amines is 2. The van der Waals surface area contributed by atoms with Gasteiger partial charge in [0, 0.05) is 48.5 Å². The largest absolute Gasteiger partial charge is 0.300 e. The molecule has 0 aliphatic carbocycles. The normalized spacial score (nSPS) is 10.4. The van der Waals surface area contributed by atoms with Crippen molar-refractivity contribution in [1.29, 1.82) is 0 Å². The van der Waals surface area contributed by atoms with E-state index < -0.39 is 9.85 Å². The minimum absolute atomic E-state index is 0.0610. The highest BCUT2D eigenvalue weighted by molar-refractivity contribution is 7.71. The van der Waals surface area contributed by atoms with Crippen molar-refractivity contribution >= 4 is 35.8 Å². The number of nitro groups is 2. The van der Waals surface area contributed by atoms with Crippen LogP contribution in [0.15, 0.2) is 48.5 Å². The van der Waals surface area contributed by atoms with Crippen LogP contribution >= 0.6 is 24.4 Å². The van der Waals surface area contributed by atoms with Gasteiger partial charge in [-0.05, 0) is 62.5 Å². The van der Waals surface area contributed by atoms with E-state index in [-0.39, 0.29) is 11.4 Å². The average Bonchev–Trinajstić information content (AvgIpc) is 3.41. The van der Waals surface area contributed by atoms with Crippen molar-refractivity contribution < 1.29 is 9.85 Å². The quantitative estimate of drug-likeness (QED) is 0.211. The number of nitrogens with zero attached hydrogens (tertiary/aromatic N) is 6. The minimum atomic E-state index is -0.430. The predicted molar refractivity (Wildman–Crippen MR) is 130 cm³/mol. The molecule has 0 radical (unpaired) electrons. The minimum Gasteiger partial charge on any atom is -0.300 e. The first-order chi connectivity index (χ1) is 16.3. The van der Waals surface area contributed by atoms with E-state index >= 15 is 0 Å². The maximum Gasteiger partial charge on any atom is 0.269 e. The fraction of sp³-hybridized carbons (Fsp3) is 0.200. The molecule has 12 nitrogen and oxygen atoms in total. The Hall–Kier alpha value is -4.04. The van der Waals surface area contributed by atoms with Gasteiger partial charge in [0.1, 0.15) is 0 Å². The van der Waals surface area contributed by atoms with Gasteiger partial charge in [-0.1, -0.05) is 0 Å². The summed E-state index contributed by atoms with van der Waals surface area (Å²) in [6.45, 7) is 5.31. The SMILES string of the molecule is CCn1c(-c2ccc([N+](=O)[O-])cc2)n[nH]c1=S.CCn1c(-c2ccc([N+](=O)[O-])cc2)n[nH]c1=S. The molecule has 0 bridgehead atoms. The second-order valence-corrected chi connectivity index (χ2v) is 7.57. The smallest absolute Gasteiger partial charge is 0.269 e. The molecule has 0 spiro atoms. The maximum absolute atomic E-state index is 10.5. The van der Waals surface area contributed by atoms with Gasteiger partial charge in [-0.2, -0.15) is 10.2 Å². The first kappa shape index (κ1) is 24.6. The van der Waals surface area contributed by atoms with Crippen LogP contribution in [0.2, 0.25) is 0 Å². The number of nitrogens with one attached hydrogen (secondary N) is 2. The van der Waals surface area contributed by atoms with Crippen LogP contribution in [0.4, 0.5) is 11.4 Å². The molecule has 4 rings (SSSR count). The maximum atomic E-state index is 10.5. The predicted octanol–water partition coefficient (Wildman–Crippen LogP) is 5.07.